The lowest BCUT2D eigenvalue weighted by Crippen LogP contribution is -2.43. The largest absolute Gasteiger partial charge is 0.487 e. The van der Waals surface area contributed by atoms with Crippen LogP contribution in [0.4, 0.5) is 5.69 Å². The van der Waals surface area contributed by atoms with E-state index in [0.717, 1.165) is 80.7 Å². The zero-order valence-electron chi connectivity index (χ0n) is 24.0. The fourth-order valence-electron chi connectivity index (χ4n) is 6.87. The summed E-state index contributed by atoms with van der Waals surface area (Å²) >= 11 is 6.31. The molecule has 2 aliphatic heterocycles. The summed E-state index contributed by atoms with van der Waals surface area (Å²) in [6.45, 7) is 4.00. The van der Waals surface area contributed by atoms with Crippen LogP contribution in [-0.2, 0) is 23.1 Å². The molecule has 9 heteroatoms. The van der Waals surface area contributed by atoms with Gasteiger partial charge >= 0.3 is 0 Å². The number of aliphatic hydroxyl groups excluding tert-OH is 1. The van der Waals surface area contributed by atoms with Crippen LogP contribution in [0.2, 0.25) is 5.02 Å². The molecule has 0 unspecified atom stereocenters. The van der Waals surface area contributed by atoms with Crippen LogP contribution in [0.3, 0.4) is 0 Å². The van der Waals surface area contributed by atoms with Crippen LogP contribution in [0.15, 0.2) is 36.4 Å². The average Bonchev–Trinajstić information content (AvgIpc) is 2.96. The van der Waals surface area contributed by atoms with Gasteiger partial charge in [-0.1, -0.05) is 37.4 Å². The summed E-state index contributed by atoms with van der Waals surface area (Å²) in [4.78, 5) is 15.6. The van der Waals surface area contributed by atoms with Crippen molar-refractivity contribution in [1.29, 1.82) is 0 Å². The minimum absolute atomic E-state index is 0.164. The van der Waals surface area contributed by atoms with Crippen molar-refractivity contribution in [2.24, 2.45) is 17.8 Å². The molecule has 2 N–H and O–H groups in total. The zero-order valence-corrected chi connectivity index (χ0v) is 25.6. The summed E-state index contributed by atoms with van der Waals surface area (Å²) in [5.74, 6) is 1.20. The lowest BCUT2D eigenvalue weighted by molar-refractivity contribution is 0.0581. The van der Waals surface area contributed by atoms with Gasteiger partial charge in [-0.15, -0.1) is 0 Å². The lowest BCUT2D eigenvalue weighted by Gasteiger charge is -2.44. The number of hydrogen-bond acceptors (Lipinski definition) is 6. The van der Waals surface area contributed by atoms with Crippen molar-refractivity contribution >= 4 is 33.2 Å². The third-order valence-electron chi connectivity index (χ3n) is 9.49. The second kappa shape index (κ2) is 13.3. The number of aliphatic hydroxyl groups is 1. The maximum Gasteiger partial charge on any atom is 0.264 e. The van der Waals surface area contributed by atoms with Crippen molar-refractivity contribution in [3.05, 3.63) is 58.1 Å². The van der Waals surface area contributed by atoms with Crippen LogP contribution in [0.25, 0.3) is 0 Å². The van der Waals surface area contributed by atoms with Gasteiger partial charge in [-0.3, -0.25) is 4.79 Å². The molecule has 1 fully saturated rings. The third kappa shape index (κ3) is 7.03. The molecule has 224 valence electrons. The SMILES string of the molecule is CC[C@@H]1CCCC[C@H](CO)[C@@H]2CC[C@H]2CN2CCCCc3cc(Cl)ccc3COc3ccc(cc32)C(=O)NS1(=O)=O. The van der Waals surface area contributed by atoms with E-state index in [0.29, 0.717) is 42.6 Å². The van der Waals surface area contributed by atoms with E-state index >= 15 is 0 Å². The van der Waals surface area contributed by atoms with E-state index in [9.17, 15) is 18.3 Å². The van der Waals surface area contributed by atoms with Crippen molar-refractivity contribution < 1.29 is 23.1 Å². The number of halogens is 1. The van der Waals surface area contributed by atoms with Crippen LogP contribution in [-0.4, -0.2) is 44.4 Å². The molecular formula is C32H43ClN2O5S. The highest BCUT2D eigenvalue weighted by atomic mass is 35.5. The van der Waals surface area contributed by atoms with E-state index in [-0.39, 0.29) is 12.5 Å². The van der Waals surface area contributed by atoms with E-state index < -0.39 is 21.2 Å². The average molecular weight is 603 g/mol. The Balaban J connectivity index is 1.53. The van der Waals surface area contributed by atoms with Crippen molar-refractivity contribution in [3.8, 4) is 5.75 Å². The second-order valence-electron chi connectivity index (χ2n) is 12.0. The maximum absolute atomic E-state index is 13.3. The number of aryl methyl sites for hydroxylation is 1. The van der Waals surface area contributed by atoms with Gasteiger partial charge in [-0.2, -0.15) is 0 Å². The van der Waals surface area contributed by atoms with E-state index in [1.165, 1.54) is 5.56 Å². The standard InChI is InChI=1S/C32H43ClN2O5S/c1-2-28-9-4-3-8-25(20-36)29-14-11-24(29)19-35-16-6-5-7-22-17-27(33)13-10-26(22)21-40-31-15-12-23(18-30(31)35)32(37)34-41(28,38)39/h10,12-13,15,17-18,24-25,28-29,36H,2-9,11,14,16,19-21H2,1H3,(H,34,37)/t24-,25+,28+,29+/m0/s1. The molecule has 2 bridgehead atoms. The first-order valence-corrected chi connectivity index (χ1v) is 17.2. The van der Waals surface area contributed by atoms with Crippen LogP contribution < -0.4 is 14.4 Å². The molecule has 3 aliphatic rings. The van der Waals surface area contributed by atoms with E-state index in [1.807, 2.05) is 25.1 Å². The van der Waals surface area contributed by atoms with E-state index in [1.54, 1.807) is 18.2 Å². The Morgan fingerprint density at radius 2 is 1.85 bits per heavy atom. The first kappa shape index (κ1) is 30.2. The first-order valence-electron chi connectivity index (χ1n) is 15.2. The summed E-state index contributed by atoms with van der Waals surface area (Å²) < 4.78 is 35.2. The predicted molar refractivity (Wildman–Crippen MR) is 163 cm³/mol. The third-order valence-corrected chi connectivity index (χ3v) is 11.6. The number of hydrogen-bond donors (Lipinski definition) is 2. The van der Waals surface area contributed by atoms with Gasteiger partial charge in [-0.25, -0.2) is 13.1 Å². The van der Waals surface area contributed by atoms with E-state index in [4.69, 9.17) is 16.3 Å². The van der Waals surface area contributed by atoms with Crippen LogP contribution in [0.1, 0.15) is 86.2 Å². The molecule has 2 aromatic rings. The Hall–Kier alpha value is -2.29. The Morgan fingerprint density at radius 3 is 2.61 bits per heavy atom. The van der Waals surface area contributed by atoms with Gasteiger partial charge in [0, 0.05) is 30.3 Å². The van der Waals surface area contributed by atoms with Crippen molar-refractivity contribution in [2.75, 3.05) is 24.6 Å². The minimum Gasteiger partial charge on any atom is -0.487 e. The summed E-state index contributed by atoms with van der Waals surface area (Å²) in [6, 6.07) is 11.2. The number of carbonyl (C=O) groups is 1. The number of nitrogens with one attached hydrogen (secondary N) is 1. The fourth-order valence-corrected chi connectivity index (χ4v) is 8.53. The molecule has 5 rings (SSSR count). The van der Waals surface area contributed by atoms with Crippen molar-refractivity contribution in [1.82, 2.24) is 4.72 Å². The van der Waals surface area contributed by atoms with Crippen LogP contribution >= 0.6 is 11.6 Å². The Labute approximate surface area is 249 Å². The van der Waals surface area contributed by atoms with Gasteiger partial charge in [0.1, 0.15) is 12.4 Å². The van der Waals surface area contributed by atoms with Gasteiger partial charge in [0.25, 0.3) is 5.91 Å². The molecule has 0 spiro atoms. The number of sulfonamides is 1. The topological polar surface area (TPSA) is 95.9 Å². The molecule has 4 atom stereocenters. The molecule has 0 radical (unpaired) electrons. The number of ether oxygens (including phenoxy) is 1. The summed E-state index contributed by atoms with van der Waals surface area (Å²) in [7, 11) is -3.83. The molecule has 1 saturated carbocycles. The molecule has 1 aliphatic carbocycles. The highest BCUT2D eigenvalue weighted by Gasteiger charge is 2.38. The highest BCUT2D eigenvalue weighted by molar-refractivity contribution is 7.90. The Morgan fingerprint density at radius 1 is 1.02 bits per heavy atom. The fraction of sp³-hybridized carbons (Fsp3) is 0.594. The van der Waals surface area contributed by atoms with Gasteiger partial charge < -0.3 is 14.7 Å². The number of benzene rings is 2. The Kier molecular flexibility index (Phi) is 9.82. The molecule has 2 aromatic carbocycles. The number of carbonyl (C=O) groups excluding carboxylic acids is 1. The molecule has 41 heavy (non-hydrogen) atoms. The van der Waals surface area contributed by atoms with Crippen LogP contribution in [0.5, 0.6) is 5.75 Å². The first-order chi connectivity index (χ1) is 19.8. The second-order valence-corrected chi connectivity index (χ2v) is 14.4. The van der Waals surface area contributed by atoms with Gasteiger partial charge in [0.15, 0.2) is 0 Å². The predicted octanol–water partition coefficient (Wildman–Crippen LogP) is 6.11. The highest BCUT2D eigenvalue weighted by Crippen LogP contribution is 2.44. The number of rotatable bonds is 2. The molecule has 0 aromatic heterocycles. The van der Waals surface area contributed by atoms with Gasteiger partial charge in [0.05, 0.1) is 10.9 Å². The maximum atomic E-state index is 13.3. The van der Waals surface area contributed by atoms with Gasteiger partial charge in [0.2, 0.25) is 10.0 Å². The van der Waals surface area contributed by atoms with Gasteiger partial charge in [-0.05, 0) is 111 Å². The summed E-state index contributed by atoms with van der Waals surface area (Å²) in [5, 5.41) is 10.4. The number of amides is 1. The summed E-state index contributed by atoms with van der Waals surface area (Å²) in [6.07, 6.45) is 8.55. The number of nitrogens with zero attached hydrogens (tertiary/aromatic N) is 1. The molecule has 2 heterocycles. The minimum atomic E-state index is -3.83. The summed E-state index contributed by atoms with van der Waals surface area (Å²) in [5.41, 5.74) is 3.40. The lowest BCUT2D eigenvalue weighted by atomic mass is 9.65. The zero-order chi connectivity index (χ0) is 29.0. The molecular weight excluding hydrogens is 560 g/mol. The molecule has 1 amide bonds. The Bertz CT molecular complexity index is 1330. The smallest absolute Gasteiger partial charge is 0.264 e. The number of anilines is 1. The quantitative estimate of drug-likeness (QED) is 0.431. The normalized spacial score (nSPS) is 27.2. The number of fused-ring (bicyclic) bond motifs is 3. The van der Waals surface area contributed by atoms with E-state index in [2.05, 4.69) is 9.62 Å². The van der Waals surface area contributed by atoms with Crippen molar-refractivity contribution in [2.45, 2.75) is 83.0 Å². The molecule has 0 saturated heterocycles. The van der Waals surface area contributed by atoms with Crippen LogP contribution in [0, 0.1) is 17.8 Å². The van der Waals surface area contributed by atoms with Crippen molar-refractivity contribution in [3.63, 3.8) is 0 Å². The monoisotopic (exact) mass is 602 g/mol. The molecule has 7 nitrogen and oxygen atoms in total.